The fraction of sp³-hybridized carbons (Fsp3) is 0.750. The highest BCUT2D eigenvalue weighted by Crippen LogP contribution is 2.23. The Morgan fingerprint density at radius 2 is 2.35 bits per heavy atom. The summed E-state index contributed by atoms with van der Waals surface area (Å²) in [4.78, 5) is 3.96. The second-order valence-electron chi connectivity index (χ2n) is 4.88. The van der Waals surface area contributed by atoms with E-state index in [1.54, 1.807) is 0 Å². The lowest BCUT2D eigenvalue weighted by Gasteiger charge is -2.27. The van der Waals surface area contributed by atoms with Crippen molar-refractivity contribution < 1.29 is 8.78 Å². The smallest absolute Gasteiger partial charge is 0.307 e. The number of alkyl halides is 2. The molecule has 1 aromatic rings. The maximum Gasteiger partial charge on any atom is 0.319 e. The average Bonchev–Trinajstić information content (AvgIpc) is 2.74. The lowest BCUT2D eigenvalue weighted by Crippen LogP contribution is -2.33. The number of nitrogens with one attached hydrogen (secondary N) is 1. The van der Waals surface area contributed by atoms with E-state index in [0.717, 1.165) is 23.3 Å². The van der Waals surface area contributed by atoms with Gasteiger partial charge in [0.2, 0.25) is 0 Å². The molecule has 1 saturated carbocycles. The van der Waals surface area contributed by atoms with Gasteiger partial charge in [-0.1, -0.05) is 19.8 Å². The van der Waals surface area contributed by atoms with Gasteiger partial charge >= 0.3 is 6.55 Å². The van der Waals surface area contributed by atoms with Crippen LogP contribution in [0.1, 0.15) is 45.0 Å². The van der Waals surface area contributed by atoms with Crippen LogP contribution in [0.5, 0.6) is 0 Å². The van der Waals surface area contributed by atoms with Gasteiger partial charge < -0.3 is 5.32 Å². The molecule has 0 spiro atoms. The Kier molecular flexibility index (Phi) is 4.10. The van der Waals surface area contributed by atoms with Crippen molar-refractivity contribution in [3.05, 3.63) is 18.2 Å². The van der Waals surface area contributed by atoms with Crippen LogP contribution in [-0.2, 0) is 6.54 Å². The van der Waals surface area contributed by atoms with Crippen LogP contribution in [-0.4, -0.2) is 15.6 Å². The first-order valence-electron chi connectivity index (χ1n) is 6.20. The third kappa shape index (κ3) is 3.25. The van der Waals surface area contributed by atoms with Crippen molar-refractivity contribution in [1.82, 2.24) is 14.9 Å². The van der Waals surface area contributed by atoms with Gasteiger partial charge in [-0.05, 0) is 18.8 Å². The third-order valence-corrected chi connectivity index (χ3v) is 3.44. The quantitative estimate of drug-likeness (QED) is 0.881. The fourth-order valence-corrected chi connectivity index (χ4v) is 2.51. The Morgan fingerprint density at radius 1 is 1.53 bits per heavy atom. The van der Waals surface area contributed by atoms with Gasteiger partial charge in [-0.15, -0.1) is 0 Å². The Balaban J connectivity index is 1.86. The molecule has 3 nitrogen and oxygen atoms in total. The standard InChI is InChI=1S/C12H19F2N3/c1-9-3-2-4-10(7-9)16-8-11-15-5-6-17(11)12(13)14/h5-6,9-10,12,16H,2-4,7-8H2,1H3. The molecule has 0 amide bonds. The summed E-state index contributed by atoms with van der Waals surface area (Å²) in [5.41, 5.74) is 0. The summed E-state index contributed by atoms with van der Waals surface area (Å²) >= 11 is 0. The first-order valence-corrected chi connectivity index (χ1v) is 6.20. The molecule has 2 rings (SSSR count). The predicted molar refractivity (Wildman–Crippen MR) is 61.7 cm³/mol. The highest BCUT2D eigenvalue weighted by molar-refractivity contribution is 4.93. The summed E-state index contributed by atoms with van der Waals surface area (Å²) < 4.78 is 26.1. The molecule has 1 aromatic heterocycles. The van der Waals surface area contributed by atoms with E-state index < -0.39 is 6.55 Å². The third-order valence-electron chi connectivity index (χ3n) is 3.44. The van der Waals surface area contributed by atoms with Crippen LogP contribution in [0.3, 0.4) is 0 Å². The molecule has 2 unspecified atom stereocenters. The van der Waals surface area contributed by atoms with Crippen molar-refractivity contribution in [2.24, 2.45) is 5.92 Å². The van der Waals surface area contributed by atoms with Crippen LogP contribution < -0.4 is 5.32 Å². The molecule has 17 heavy (non-hydrogen) atoms. The molecule has 0 bridgehead atoms. The van der Waals surface area contributed by atoms with Crippen LogP contribution >= 0.6 is 0 Å². The van der Waals surface area contributed by atoms with E-state index >= 15 is 0 Å². The maximum atomic E-state index is 12.6. The second-order valence-corrected chi connectivity index (χ2v) is 4.88. The van der Waals surface area contributed by atoms with E-state index in [4.69, 9.17) is 0 Å². The van der Waals surface area contributed by atoms with Gasteiger partial charge in [0, 0.05) is 18.4 Å². The summed E-state index contributed by atoms with van der Waals surface area (Å²) in [6.07, 6.45) is 7.53. The molecule has 1 N–H and O–H groups in total. The van der Waals surface area contributed by atoms with Crippen molar-refractivity contribution >= 4 is 0 Å². The van der Waals surface area contributed by atoms with Gasteiger partial charge in [-0.25, -0.2) is 4.98 Å². The largest absolute Gasteiger partial charge is 0.319 e. The number of halogens is 2. The van der Waals surface area contributed by atoms with Crippen LogP contribution in [0.4, 0.5) is 8.78 Å². The van der Waals surface area contributed by atoms with Crippen molar-refractivity contribution in [3.8, 4) is 0 Å². The highest BCUT2D eigenvalue weighted by Gasteiger charge is 2.19. The molecule has 5 heteroatoms. The number of hydrogen-bond donors (Lipinski definition) is 1. The number of imidazole rings is 1. The summed E-state index contributed by atoms with van der Waals surface area (Å²) in [5.74, 6) is 1.15. The number of hydrogen-bond acceptors (Lipinski definition) is 2. The van der Waals surface area contributed by atoms with E-state index in [1.807, 2.05) is 0 Å². The topological polar surface area (TPSA) is 29.9 Å². The van der Waals surface area contributed by atoms with E-state index in [-0.39, 0.29) is 0 Å². The molecule has 0 radical (unpaired) electrons. The summed E-state index contributed by atoms with van der Waals surface area (Å²) in [7, 11) is 0. The minimum absolute atomic E-state index is 0.415. The molecule has 2 atom stereocenters. The molecular weight excluding hydrogens is 224 g/mol. The Labute approximate surface area is 100 Å². The average molecular weight is 243 g/mol. The van der Waals surface area contributed by atoms with Crippen LogP contribution in [0.25, 0.3) is 0 Å². The lowest BCUT2D eigenvalue weighted by atomic mass is 9.87. The van der Waals surface area contributed by atoms with Gasteiger partial charge in [0.25, 0.3) is 0 Å². The Morgan fingerprint density at radius 3 is 3.06 bits per heavy atom. The zero-order valence-electron chi connectivity index (χ0n) is 10.1. The fourth-order valence-electron chi connectivity index (χ4n) is 2.51. The maximum absolute atomic E-state index is 12.6. The van der Waals surface area contributed by atoms with E-state index in [2.05, 4.69) is 17.2 Å². The molecular formula is C12H19F2N3. The highest BCUT2D eigenvalue weighted by atomic mass is 19.3. The van der Waals surface area contributed by atoms with E-state index in [0.29, 0.717) is 18.4 Å². The summed E-state index contributed by atoms with van der Waals surface area (Å²) in [6, 6.07) is 0.446. The molecule has 1 fully saturated rings. The molecule has 0 saturated heterocycles. The van der Waals surface area contributed by atoms with Crippen LogP contribution in [0.2, 0.25) is 0 Å². The zero-order chi connectivity index (χ0) is 12.3. The minimum atomic E-state index is -2.50. The van der Waals surface area contributed by atoms with Gasteiger partial charge in [-0.3, -0.25) is 4.57 Å². The lowest BCUT2D eigenvalue weighted by molar-refractivity contribution is 0.0663. The van der Waals surface area contributed by atoms with Gasteiger partial charge in [0.05, 0.1) is 6.54 Å². The van der Waals surface area contributed by atoms with E-state index in [9.17, 15) is 8.78 Å². The SMILES string of the molecule is CC1CCCC(NCc2nccn2C(F)F)C1. The molecule has 1 aliphatic rings. The number of nitrogens with zero attached hydrogens (tertiary/aromatic N) is 2. The van der Waals surface area contributed by atoms with Crippen molar-refractivity contribution in [3.63, 3.8) is 0 Å². The van der Waals surface area contributed by atoms with Gasteiger partial charge in [-0.2, -0.15) is 8.78 Å². The summed E-state index contributed by atoms with van der Waals surface area (Å²) in [6.45, 7) is 0.169. The van der Waals surface area contributed by atoms with Crippen molar-refractivity contribution in [1.29, 1.82) is 0 Å². The van der Waals surface area contributed by atoms with Crippen molar-refractivity contribution in [2.75, 3.05) is 0 Å². The Bertz CT molecular complexity index is 351. The summed E-state index contributed by atoms with van der Waals surface area (Å²) in [5, 5.41) is 3.33. The molecule has 96 valence electrons. The van der Waals surface area contributed by atoms with Crippen molar-refractivity contribution in [2.45, 2.75) is 51.7 Å². The first kappa shape index (κ1) is 12.5. The number of rotatable bonds is 4. The van der Waals surface area contributed by atoms with Gasteiger partial charge in [0.1, 0.15) is 5.82 Å². The zero-order valence-corrected chi connectivity index (χ0v) is 10.1. The molecule has 0 aromatic carbocycles. The van der Waals surface area contributed by atoms with Crippen LogP contribution in [0, 0.1) is 5.92 Å². The Hall–Kier alpha value is -0.970. The molecule has 1 heterocycles. The van der Waals surface area contributed by atoms with Crippen LogP contribution in [0.15, 0.2) is 12.4 Å². The minimum Gasteiger partial charge on any atom is -0.307 e. The first-order chi connectivity index (χ1) is 8.16. The predicted octanol–water partition coefficient (Wildman–Crippen LogP) is 2.95. The second kappa shape index (κ2) is 5.58. The molecule has 1 aliphatic carbocycles. The molecule has 0 aliphatic heterocycles. The normalized spacial score (nSPS) is 25.4. The monoisotopic (exact) mass is 243 g/mol. The number of aromatic nitrogens is 2. The van der Waals surface area contributed by atoms with E-state index in [1.165, 1.54) is 25.2 Å². The van der Waals surface area contributed by atoms with Gasteiger partial charge in [0.15, 0.2) is 0 Å².